The Bertz CT molecular complexity index is 1080. The molecule has 0 saturated carbocycles. The summed E-state index contributed by atoms with van der Waals surface area (Å²) in [5.41, 5.74) is 6.32. The molecule has 11 heteroatoms. The van der Waals surface area contributed by atoms with Gasteiger partial charge in [0.15, 0.2) is 11.5 Å². The highest BCUT2D eigenvalue weighted by Crippen LogP contribution is 2.42. The van der Waals surface area contributed by atoms with E-state index >= 15 is 0 Å². The van der Waals surface area contributed by atoms with Crippen molar-refractivity contribution in [1.29, 1.82) is 0 Å². The molecule has 0 aliphatic rings. The Morgan fingerprint density at radius 1 is 1.19 bits per heavy atom. The number of benzene rings is 1. The third-order valence-electron chi connectivity index (χ3n) is 4.50. The van der Waals surface area contributed by atoms with Crippen molar-refractivity contribution in [3.05, 3.63) is 57.9 Å². The van der Waals surface area contributed by atoms with Crippen LogP contribution in [0.2, 0.25) is 0 Å². The second kappa shape index (κ2) is 11.0. The molecule has 0 saturated heterocycles. The number of halogens is 2. The van der Waals surface area contributed by atoms with Crippen molar-refractivity contribution in [1.82, 2.24) is 14.3 Å². The van der Waals surface area contributed by atoms with Crippen LogP contribution in [0.1, 0.15) is 4.88 Å². The van der Waals surface area contributed by atoms with Crippen molar-refractivity contribution in [2.24, 2.45) is 5.73 Å². The molecule has 2 heterocycles. The Balaban J connectivity index is 0.00000341. The zero-order valence-corrected chi connectivity index (χ0v) is 19.0. The van der Waals surface area contributed by atoms with Gasteiger partial charge in [-0.1, -0.05) is 0 Å². The molecule has 0 spiro atoms. The quantitative estimate of drug-likeness (QED) is 0.516. The number of nitrogens with two attached hydrogens (primary N) is 1. The maximum atomic E-state index is 12.7. The summed E-state index contributed by atoms with van der Waals surface area (Å²) in [4.78, 5) is 14.4. The molecule has 2 aromatic heterocycles. The number of hydrogen-bond acceptors (Lipinski definition) is 7. The van der Waals surface area contributed by atoms with Crippen LogP contribution >= 0.6 is 23.7 Å². The molecule has 0 aliphatic heterocycles. The normalized spacial score (nSPS) is 11.2. The summed E-state index contributed by atoms with van der Waals surface area (Å²) in [6, 6.07) is 7.66. The Hall–Kier alpha value is -2.82. The van der Waals surface area contributed by atoms with E-state index in [0.717, 1.165) is 15.3 Å². The van der Waals surface area contributed by atoms with Gasteiger partial charge >= 0.3 is 5.69 Å². The van der Waals surface area contributed by atoms with E-state index in [4.69, 9.17) is 19.9 Å². The lowest BCUT2D eigenvalue weighted by Crippen LogP contribution is -2.26. The van der Waals surface area contributed by atoms with Crippen molar-refractivity contribution < 1.29 is 18.6 Å². The van der Waals surface area contributed by atoms with Crippen molar-refractivity contribution in [2.75, 3.05) is 27.9 Å². The van der Waals surface area contributed by atoms with Gasteiger partial charge in [-0.25, -0.2) is 13.9 Å². The third-order valence-corrected chi connectivity index (χ3v) is 5.62. The van der Waals surface area contributed by atoms with Crippen LogP contribution in [0.3, 0.4) is 0 Å². The zero-order valence-electron chi connectivity index (χ0n) is 17.3. The van der Waals surface area contributed by atoms with Crippen LogP contribution in [0, 0.1) is 0 Å². The van der Waals surface area contributed by atoms with Crippen LogP contribution in [0.4, 0.5) is 4.39 Å². The molecule has 0 atom stereocenters. The fourth-order valence-electron chi connectivity index (χ4n) is 2.93. The van der Waals surface area contributed by atoms with Crippen LogP contribution in [-0.2, 0) is 13.1 Å². The lowest BCUT2D eigenvalue weighted by atomic mass is 10.1. The Morgan fingerprint density at radius 3 is 2.42 bits per heavy atom. The second-order valence-electron chi connectivity index (χ2n) is 6.35. The zero-order chi connectivity index (χ0) is 21.7. The third kappa shape index (κ3) is 5.27. The van der Waals surface area contributed by atoms with Gasteiger partial charge in [0.1, 0.15) is 6.33 Å². The van der Waals surface area contributed by atoms with E-state index in [-0.39, 0.29) is 31.2 Å². The number of nitrogens with zero attached hydrogens (tertiary/aromatic N) is 3. The summed E-state index contributed by atoms with van der Waals surface area (Å²) in [6.07, 6.45) is 1.85. The summed E-state index contributed by atoms with van der Waals surface area (Å²) in [7, 11) is 4.69. The molecule has 1 aromatic carbocycles. The molecule has 168 valence electrons. The molecule has 0 bridgehead atoms. The standard InChI is InChI=1S/C20H23FN4O4S.ClH/c1-27-16-6-14(7-17(28-2)19(16)29-3)18-5-4-15(30-18)11-24-12-23-25(20(24)26)10-13(8-21)9-22;/h4-8,12H,9-11,22H2,1-3H3;1H/b13-8+;. The topological polar surface area (TPSA) is 93.5 Å². The van der Waals surface area contributed by atoms with Gasteiger partial charge in [-0.15, -0.1) is 23.7 Å². The van der Waals surface area contributed by atoms with Crippen molar-refractivity contribution in [2.45, 2.75) is 13.1 Å². The maximum absolute atomic E-state index is 12.7. The van der Waals surface area contributed by atoms with Crippen LogP contribution in [-0.4, -0.2) is 42.2 Å². The summed E-state index contributed by atoms with van der Waals surface area (Å²) >= 11 is 1.53. The molecule has 0 aliphatic carbocycles. The molecular formula is C20H24ClFN4O4S. The fraction of sp³-hybridized carbons (Fsp3) is 0.300. The van der Waals surface area contributed by atoms with E-state index in [1.807, 2.05) is 24.3 Å². The summed E-state index contributed by atoms with van der Waals surface area (Å²) < 4.78 is 31.6. The highest BCUT2D eigenvalue weighted by molar-refractivity contribution is 7.15. The summed E-state index contributed by atoms with van der Waals surface area (Å²) in [6.45, 7) is 0.407. The molecule has 0 fully saturated rings. The fourth-order valence-corrected chi connectivity index (χ4v) is 3.93. The number of methoxy groups -OCH3 is 3. The molecule has 0 amide bonds. The monoisotopic (exact) mass is 470 g/mol. The number of rotatable bonds is 9. The molecule has 0 unspecified atom stereocenters. The van der Waals surface area contributed by atoms with Crippen LogP contribution in [0.25, 0.3) is 10.4 Å². The Labute approximate surface area is 189 Å². The van der Waals surface area contributed by atoms with E-state index in [9.17, 15) is 9.18 Å². The molecule has 8 nitrogen and oxygen atoms in total. The first-order valence-electron chi connectivity index (χ1n) is 9.04. The number of aromatic nitrogens is 3. The first-order chi connectivity index (χ1) is 14.5. The minimum absolute atomic E-state index is 0. The van der Waals surface area contributed by atoms with Crippen LogP contribution in [0.15, 0.2) is 47.3 Å². The predicted molar refractivity (Wildman–Crippen MR) is 120 cm³/mol. The van der Waals surface area contributed by atoms with E-state index in [0.29, 0.717) is 35.7 Å². The molecule has 3 aromatic rings. The van der Waals surface area contributed by atoms with Gasteiger partial charge < -0.3 is 19.9 Å². The lowest BCUT2D eigenvalue weighted by molar-refractivity contribution is 0.324. The van der Waals surface area contributed by atoms with E-state index in [2.05, 4.69) is 5.10 Å². The smallest absolute Gasteiger partial charge is 0.346 e. The van der Waals surface area contributed by atoms with E-state index in [1.165, 1.54) is 26.9 Å². The average molecular weight is 471 g/mol. The molecular weight excluding hydrogens is 447 g/mol. The highest BCUT2D eigenvalue weighted by atomic mass is 35.5. The Kier molecular flexibility index (Phi) is 8.66. The highest BCUT2D eigenvalue weighted by Gasteiger charge is 2.15. The first kappa shape index (κ1) is 24.4. The second-order valence-corrected chi connectivity index (χ2v) is 7.52. The van der Waals surface area contributed by atoms with Gasteiger partial charge in [-0.2, -0.15) is 5.10 Å². The van der Waals surface area contributed by atoms with Gasteiger partial charge in [-0.05, 0) is 35.4 Å². The minimum atomic E-state index is -0.328. The van der Waals surface area contributed by atoms with Crippen LogP contribution < -0.4 is 25.6 Å². The summed E-state index contributed by atoms with van der Waals surface area (Å²) in [5.74, 6) is 1.66. The van der Waals surface area contributed by atoms with Crippen molar-refractivity contribution in [3.8, 4) is 27.7 Å². The molecule has 3 rings (SSSR count). The lowest BCUT2D eigenvalue weighted by Gasteiger charge is -2.13. The van der Waals surface area contributed by atoms with E-state index in [1.54, 1.807) is 21.3 Å². The number of thiophene rings is 1. The predicted octanol–water partition coefficient (Wildman–Crippen LogP) is 3.08. The average Bonchev–Trinajstić information content (AvgIpc) is 3.38. The van der Waals surface area contributed by atoms with Crippen molar-refractivity contribution in [3.63, 3.8) is 0 Å². The van der Waals surface area contributed by atoms with Crippen molar-refractivity contribution >= 4 is 23.7 Å². The Morgan fingerprint density at radius 2 is 1.87 bits per heavy atom. The minimum Gasteiger partial charge on any atom is -0.493 e. The van der Waals surface area contributed by atoms with Gasteiger partial charge in [0.2, 0.25) is 5.75 Å². The largest absolute Gasteiger partial charge is 0.493 e. The first-order valence-corrected chi connectivity index (χ1v) is 9.85. The maximum Gasteiger partial charge on any atom is 0.346 e. The van der Waals surface area contributed by atoms with Gasteiger partial charge in [-0.3, -0.25) is 4.57 Å². The number of ether oxygens (including phenoxy) is 3. The van der Waals surface area contributed by atoms with E-state index < -0.39 is 0 Å². The molecule has 31 heavy (non-hydrogen) atoms. The van der Waals surface area contributed by atoms with Crippen LogP contribution in [0.5, 0.6) is 17.2 Å². The number of hydrogen-bond donors (Lipinski definition) is 1. The van der Waals surface area contributed by atoms with Gasteiger partial charge in [0.05, 0.1) is 40.7 Å². The summed E-state index contributed by atoms with van der Waals surface area (Å²) in [5, 5.41) is 4.04. The SMILES string of the molecule is COc1cc(-c2ccc(Cn3cnn(C/C(=C/F)CN)c3=O)s2)cc(OC)c1OC.Cl. The molecule has 2 N–H and O–H groups in total. The van der Waals surface area contributed by atoms with Gasteiger partial charge in [0, 0.05) is 16.3 Å². The van der Waals surface area contributed by atoms with Gasteiger partial charge in [0.25, 0.3) is 0 Å². The molecule has 0 radical (unpaired) electrons.